The topological polar surface area (TPSA) is 43.4 Å². The van der Waals surface area contributed by atoms with Crippen molar-refractivity contribution in [2.45, 2.75) is 39.0 Å². The molecule has 0 radical (unpaired) electrons. The number of cyclic esters (lactones) is 2. The molecule has 1 fully saturated rings. The molecule has 114 valence electrons. The Balaban J connectivity index is 1.91. The van der Waals surface area contributed by atoms with Crippen molar-refractivity contribution in [3.8, 4) is 0 Å². The van der Waals surface area contributed by atoms with Crippen LogP contribution in [0.4, 0.5) is 0 Å². The van der Waals surface area contributed by atoms with Gasteiger partial charge in [-0.2, -0.15) is 0 Å². The minimum Gasteiger partial charge on any atom is -0.393 e. The molecule has 3 heteroatoms. The molecular weight excluding hydrogens is 276 g/mol. The van der Waals surface area contributed by atoms with Gasteiger partial charge in [0.15, 0.2) is 0 Å². The number of fused-ring (bicyclic) bond motifs is 1. The number of rotatable bonds is 1. The number of carbonyl (C=O) groups is 2. The molecule has 3 atom stereocenters. The standard InChI is InChI=1S/C19H20O3/c1-19(2)9-8-12-10-13-15(18(21)22-17(13)20)14(16(12)19)11-6-4-3-5-7-11/h3-7,13-15H,8-10H2,1-2H3/t13-,14-,15-/m1/s1. The lowest BCUT2D eigenvalue weighted by Gasteiger charge is -2.37. The number of hydrogen-bond acceptors (Lipinski definition) is 3. The van der Waals surface area contributed by atoms with Crippen molar-refractivity contribution in [3.05, 3.63) is 47.0 Å². The molecule has 4 rings (SSSR count). The molecule has 1 aromatic rings. The summed E-state index contributed by atoms with van der Waals surface area (Å²) in [4.78, 5) is 24.4. The summed E-state index contributed by atoms with van der Waals surface area (Å²) in [7, 11) is 0. The van der Waals surface area contributed by atoms with Crippen LogP contribution in [-0.4, -0.2) is 11.9 Å². The average Bonchev–Trinajstić information content (AvgIpc) is 2.96. The smallest absolute Gasteiger partial charge is 0.318 e. The van der Waals surface area contributed by atoms with Crippen molar-refractivity contribution in [2.75, 3.05) is 0 Å². The van der Waals surface area contributed by atoms with E-state index < -0.39 is 0 Å². The Labute approximate surface area is 130 Å². The Morgan fingerprint density at radius 3 is 2.55 bits per heavy atom. The number of ether oxygens (including phenoxy) is 1. The Morgan fingerprint density at radius 2 is 1.82 bits per heavy atom. The van der Waals surface area contributed by atoms with Crippen molar-refractivity contribution >= 4 is 11.9 Å². The summed E-state index contributed by atoms with van der Waals surface area (Å²) in [6.45, 7) is 4.52. The molecule has 0 spiro atoms. The van der Waals surface area contributed by atoms with Gasteiger partial charge in [0.2, 0.25) is 0 Å². The molecule has 2 aliphatic carbocycles. The maximum Gasteiger partial charge on any atom is 0.318 e. The van der Waals surface area contributed by atoms with E-state index >= 15 is 0 Å². The van der Waals surface area contributed by atoms with Gasteiger partial charge in [-0.05, 0) is 30.2 Å². The van der Waals surface area contributed by atoms with Crippen LogP contribution in [0, 0.1) is 17.3 Å². The SMILES string of the molecule is CC1(C)CCC2=C1[C@H](c1ccccc1)[C@@H]1C(=O)OC(=O)[C@@H]1C2. The third-order valence-electron chi connectivity index (χ3n) is 5.67. The molecule has 3 nitrogen and oxygen atoms in total. The van der Waals surface area contributed by atoms with Gasteiger partial charge in [0, 0.05) is 5.92 Å². The Kier molecular flexibility index (Phi) is 2.84. The van der Waals surface area contributed by atoms with Crippen LogP contribution in [0.15, 0.2) is 41.5 Å². The summed E-state index contributed by atoms with van der Waals surface area (Å²) in [5, 5.41) is 0. The zero-order valence-corrected chi connectivity index (χ0v) is 13.0. The second kappa shape index (κ2) is 4.55. The molecule has 1 heterocycles. The number of carbonyl (C=O) groups excluding carboxylic acids is 2. The molecule has 0 unspecified atom stereocenters. The highest BCUT2D eigenvalue weighted by Gasteiger charge is 2.56. The molecule has 0 saturated carbocycles. The van der Waals surface area contributed by atoms with E-state index in [0.29, 0.717) is 6.42 Å². The monoisotopic (exact) mass is 296 g/mol. The number of esters is 2. The second-order valence-corrected chi connectivity index (χ2v) is 7.37. The quantitative estimate of drug-likeness (QED) is 0.452. The first-order valence-corrected chi connectivity index (χ1v) is 8.02. The van der Waals surface area contributed by atoms with Crippen molar-refractivity contribution in [1.29, 1.82) is 0 Å². The van der Waals surface area contributed by atoms with E-state index in [4.69, 9.17) is 4.74 Å². The summed E-state index contributed by atoms with van der Waals surface area (Å²) in [6, 6.07) is 10.1. The minimum absolute atomic E-state index is 0.00796. The molecule has 0 amide bonds. The first-order chi connectivity index (χ1) is 10.5. The van der Waals surface area contributed by atoms with Gasteiger partial charge >= 0.3 is 11.9 Å². The van der Waals surface area contributed by atoms with E-state index in [9.17, 15) is 9.59 Å². The molecule has 0 aromatic heterocycles. The van der Waals surface area contributed by atoms with Crippen LogP contribution in [-0.2, 0) is 14.3 Å². The van der Waals surface area contributed by atoms with E-state index in [2.05, 4.69) is 26.0 Å². The van der Waals surface area contributed by atoms with Crippen LogP contribution in [0.3, 0.4) is 0 Å². The normalized spacial score (nSPS) is 32.7. The third-order valence-corrected chi connectivity index (χ3v) is 5.67. The predicted molar refractivity (Wildman–Crippen MR) is 81.9 cm³/mol. The highest BCUT2D eigenvalue weighted by Crippen LogP contribution is 2.59. The first kappa shape index (κ1) is 13.7. The second-order valence-electron chi connectivity index (χ2n) is 7.37. The number of allylic oxidation sites excluding steroid dienone is 2. The summed E-state index contributed by atoms with van der Waals surface area (Å²) >= 11 is 0. The van der Waals surface area contributed by atoms with Crippen LogP contribution in [0.5, 0.6) is 0 Å². The molecule has 0 bridgehead atoms. The summed E-state index contributed by atoms with van der Waals surface area (Å²) in [5.41, 5.74) is 3.98. The van der Waals surface area contributed by atoms with Gasteiger partial charge in [0.05, 0.1) is 11.8 Å². The number of benzene rings is 1. The zero-order valence-electron chi connectivity index (χ0n) is 13.0. The van der Waals surface area contributed by atoms with Crippen LogP contribution in [0.2, 0.25) is 0 Å². The van der Waals surface area contributed by atoms with Gasteiger partial charge in [-0.1, -0.05) is 55.3 Å². The van der Waals surface area contributed by atoms with Gasteiger partial charge in [0.1, 0.15) is 0 Å². The van der Waals surface area contributed by atoms with E-state index in [-0.39, 0.29) is 35.1 Å². The van der Waals surface area contributed by atoms with Crippen molar-refractivity contribution in [3.63, 3.8) is 0 Å². The largest absolute Gasteiger partial charge is 0.393 e. The summed E-state index contributed by atoms with van der Waals surface area (Å²) in [5.74, 6) is -1.30. The maximum atomic E-state index is 12.3. The molecule has 1 aliphatic heterocycles. The molecule has 3 aliphatic rings. The van der Waals surface area contributed by atoms with Crippen LogP contribution >= 0.6 is 0 Å². The van der Waals surface area contributed by atoms with Crippen LogP contribution < -0.4 is 0 Å². The van der Waals surface area contributed by atoms with Gasteiger partial charge < -0.3 is 4.74 Å². The maximum absolute atomic E-state index is 12.3. The fourth-order valence-corrected chi connectivity index (χ4v) is 4.68. The van der Waals surface area contributed by atoms with Crippen LogP contribution in [0.1, 0.15) is 44.6 Å². The van der Waals surface area contributed by atoms with Gasteiger partial charge in [-0.15, -0.1) is 0 Å². The van der Waals surface area contributed by atoms with Crippen molar-refractivity contribution < 1.29 is 14.3 Å². The van der Waals surface area contributed by atoms with E-state index in [0.717, 1.165) is 18.4 Å². The van der Waals surface area contributed by atoms with Crippen LogP contribution in [0.25, 0.3) is 0 Å². The zero-order chi connectivity index (χ0) is 15.5. The molecule has 22 heavy (non-hydrogen) atoms. The lowest BCUT2D eigenvalue weighted by atomic mass is 9.63. The first-order valence-electron chi connectivity index (χ1n) is 8.02. The fraction of sp³-hybridized carbons (Fsp3) is 0.474. The fourth-order valence-electron chi connectivity index (χ4n) is 4.68. The highest BCUT2D eigenvalue weighted by atomic mass is 16.6. The van der Waals surface area contributed by atoms with Crippen molar-refractivity contribution in [2.24, 2.45) is 17.3 Å². The summed E-state index contributed by atoms with van der Waals surface area (Å²) in [6.07, 6.45) is 2.84. The Morgan fingerprint density at radius 1 is 1.09 bits per heavy atom. The highest BCUT2D eigenvalue weighted by molar-refractivity contribution is 5.98. The lowest BCUT2D eigenvalue weighted by Crippen LogP contribution is -2.33. The molecule has 1 saturated heterocycles. The van der Waals surface area contributed by atoms with Crippen molar-refractivity contribution in [1.82, 2.24) is 0 Å². The number of hydrogen-bond donors (Lipinski definition) is 0. The van der Waals surface area contributed by atoms with Gasteiger partial charge in [-0.25, -0.2) is 0 Å². The molecular formula is C19H20O3. The predicted octanol–water partition coefficient (Wildman–Crippen LogP) is 3.61. The minimum atomic E-state index is -0.342. The Hall–Kier alpha value is -1.90. The average molecular weight is 296 g/mol. The van der Waals surface area contributed by atoms with Gasteiger partial charge in [-0.3, -0.25) is 9.59 Å². The van der Waals surface area contributed by atoms with Gasteiger partial charge in [0.25, 0.3) is 0 Å². The molecule has 0 N–H and O–H groups in total. The third kappa shape index (κ3) is 1.81. The van der Waals surface area contributed by atoms with E-state index in [1.54, 1.807) is 0 Å². The van der Waals surface area contributed by atoms with E-state index in [1.807, 2.05) is 18.2 Å². The lowest BCUT2D eigenvalue weighted by molar-refractivity contribution is -0.153. The molecule has 1 aromatic carbocycles. The summed E-state index contributed by atoms with van der Waals surface area (Å²) < 4.78 is 4.99. The Bertz CT molecular complexity index is 684. The van der Waals surface area contributed by atoms with E-state index in [1.165, 1.54) is 11.1 Å².